The highest BCUT2D eigenvalue weighted by atomic mass is 16.5. The number of amides is 2. The molecule has 6 rings (SSSR count). The first kappa shape index (κ1) is 50.8. The predicted octanol–water partition coefficient (Wildman–Crippen LogP) is 12.8. The maximum absolute atomic E-state index is 15.3. The molecule has 7 heteroatoms. The SMILES string of the molecule is CC(C)Oc1c2cc(C(C)(C)C)cc1Cc1cc(C(C)(C)C)cc(c1O)C(C(=O)N(C)C)c1cc(C(C)(C)C)cc(c1CC(=O)N[C@@H](C)c1ccccc1)Cc1cc(C(C)(C)C)cc(c1O)C2. The van der Waals surface area contributed by atoms with E-state index >= 15 is 4.79 Å². The second-order valence-corrected chi connectivity index (χ2v) is 23.8. The molecule has 0 heterocycles. The third kappa shape index (κ3) is 11.4. The lowest BCUT2D eigenvalue weighted by atomic mass is 9.75. The number of ether oxygens (including phenoxy) is 1. The van der Waals surface area contributed by atoms with E-state index in [-0.39, 0.29) is 63.5 Å². The van der Waals surface area contributed by atoms with Crippen molar-refractivity contribution < 1.29 is 24.5 Å². The second-order valence-electron chi connectivity index (χ2n) is 23.8. The third-order valence-corrected chi connectivity index (χ3v) is 13.4. The molecule has 2 atom stereocenters. The van der Waals surface area contributed by atoms with E-state index < -0.39 is 5.92 Å². The molecule has 1 unspecified atom stereocenters. The summed E-state index contributed by atoms with van der Waals surface area (Å²) in [5, 5.41) is 29.0. The summed E-state index contributed by atoms with van der Waals surface area (Å²) in [4.78, 5) is 31.5. The van der Waals surface area contributed by atoms with E-state index in [1.54, 1.807) is 19.0 Å². The van der Waals surface area contributed by atoms with Gasteiger partial charge in [-0.05, 0) is 115 Å². The van der Waals surface area contributed by atoms with Crippen LogP contribution in [0.1, 0.15) is 194 Å². The molecule has 1 aliphatic rings. The van der Waals surface area contributed by atoms with Crippen molar-refractivity contribution in [1.82, 2.24) is 10.2 Å². The van der Waals surface area contributed by atoms with Gasteiger partial charge in [0.15, 0.2) is 0 Å². The molecule has 0 spiro atoms. The van der Waals surface area contributed by atoms with Crippen molar-refractivity contribution in [3.63, 3.8) is 0 Å². The Morgan fingerprint density at radius 3 is 1.45 bits per heavy atom. The monoisotopic (exact) mass is 907 g/mol. The Bertz CT molecular complexity index is 2650. The summed E-state index contributed by atoms with van der Waals surface area (Å²) < 4.78 is 6.82. The number of fused-ring (bicyclic) bond motifs is 8. The molecule has 0 aliphatic heterocycles. The number of likely N-dealkylation sites (N-methyl/N-ethyl adjacent to an activating group) is 1. The van der Waals surface area contributed by atoms with E-state index in [4.69, 9.17) is 4.74 Å². The van der Waals surface area contributed by atoms with Crippen LogP contribution in [0.15, 0.2) is 78.9 Å². The minimum Gasteiger partial charge on any atom is -0.507 e. The number of aromatic hydroxyl groups is 2. The summed E-state index contributed by atoms with van der Waals surface area (Å²) in [6, 6.07) is 26.7. The van der Waals surface area contributed by atoms with Crippen molar-refractivity contribution in [2.45, 2.75) is 169 Å². The van der Waals surface area contributed by atoms with Crippen LogP contribution in [0.5, 0.6) is 17.2 Å². The van der Waals surface area contributed by atoms with Gasteiger partial charge in [-0.15, -0.1) is 0 Å². The molecular formula is C60H78N2O5. The Labute approximate surface area is 402 Å². The van der Waals surface area contributed by atoms with Gasteiger partial charge in [0.2, 0.25) is 11.8 Å². The highest BCUT2D eigenvalue weighted by molar-refractivity contribution is 5.90. The van der Waals surface area contributed by atoms with Gasteiger partial charge in [0.1, 0.15) is 17.2 Å². The minimum absolute atomic E-state index is 0.0291. The number of carbonyl (C=O) groups is 2. The zero-order chi connectivity index (χ0) is 49.7. The number of hydrogen-bond acceptors (Lipinski definition) is 5. The number of phenolic OH excluding ortho intramolecular Hbond substituents is 2. The normalized spacial score (nSPS) is 15.0. The van der Waals surface area contributed by atoms with Gasteiger partial charge in [-0.2, -0.15) is 0 Å². The molecule has 0 aromatic heterocycles. The number of phenols is 2. The number of nitrogens with zero attached hydrogens (tertiary/aromatic N) is 1. The van der Waals surface area contributed by atoms with Crippen LogP contribution in [-0.4, -0.2) is 47.1 Å². The van der Waals surface area contributed by atoms with Crippen molar-refractivity contribution in [1.29, 1.82) is 0 Å². The standard InChI is InChI=1S/C60H78N2O5/c1-35(2)67-55-42-24-40-28-44(57(4,5)6)27-39(53(40)64)23-38-26-46(59(10,11)12)32-49(48(38)34-51(63)61-36(3)37-21-19-18-20-22-37)52(56(66)62(16)17)50-33-47(60(13,14)15)29-41(54(50)65)25-43(55)31-45(30-42)58(7,8)9/h18-22,26-33,35-36,52,64-65H,23-25,34H2,1-17H3,(H,61,63)/t36-,52?/m0/s1. The Balaban J connectivity index is 1.81. The van der Waals surface area contributed by atoms with Gasteiger partial charge in [-0.1, -0.05) is 162 Å². The van der Waals surface area contributed by atoms with Crippen LogP contribution in [0.2, 0.25) is 0 Å². The summed E-state index contributed by atoms with van der Waals surface area (Å²) in [5.41, 5.74) is 10.6. The van der Waals surface area contributed by atoms with Crippen molar-refractivity contribution in [3.05, 3.63) is 157 Å². The smallest absolute Gasteiger partial charge is 0.234 e. The van der Waals surface area contributed by atoms with E-state index in [0.717, 1.165) is 61.4 Å². The topological polar surface area (TPSA) is 99.1 Å². The van der Waals surface area contributed by atoms with Crippen LogP contribution >= 0.6 is 0 Å². The number of carbonyl (C=O) groups excluding carboxylic acids is 2. The molecule has 0 saturated carbocycles. The second kappa shape index (κ2) is 18.8. The Morgan fingerprint density at radius 1 is 0.597 bits per heavy atom. The molecular weight excluding hydrogens is 829 g/mol. The van der Waals surface area contributed by atoms with E-state index in [2.05, 4.69) is 131 Å². The first-order chi connectivity index (χ1) is 30.9. The van der Waals surface area contributed by atoms with E-state index in [9.17, 15) is 15.0 Å². The average Bonchev–Trinajstić information content (AvgIpc) is 3.20. The van der Waals surface area contributed by atoms with Gasteiger partial charge in [0.05, 0.1) is 24.5 Å². The molecule has 0 fully saturated rings. The van der Waals surface area contributed by atoms with Crippen LogP contribution in [0, 0.1) is 0 Å². The molecule has 5 aromatic rings. The zero-order valence-corrected chi connectivity index (χ0v) is 43.6. The van der Waals surface area contributed by atoms with E-state index in [1.165, 1.54) is 0 Å². The largest absolute Gasteiger partial charge is 0.507 e. The van der Waals surface area contributed by atoms with Crippen molar-refractivity contribution in [2.75, 3.05) is 14.1 Å². The van der Waals surface area contributed by atoms with Gasteiger partial charge in [0, 0.05) is 38.9 Å². The maximum atomic E-state index is 15.3. The number of hydrogen-bond donors (Lipinski definition) is 3. The average molecular weight is 907 g/mol. The fourth-order valence-electron chi connectivity index (χ4n) is 9.21. The van der Waals surface area contributed by atoms with Gasteiger partial charge >= 0.3 is 0 Å². The van der Waals surface area contributed by atoms with Gasteiger partial charge in [-0.3, -0.25) is 9.59 Å². The third-order valence-electron chi connectivity index (χ3n) is 13.4. The quantitative estimate of drug-likeness (QED) is 0.151. The molecule has 3 N–H and O–H groups in total. The Morgan fingerprint density at radius 2 is 1.00 bits per heavy atom. The molecule has 0 saturated heterocycles. The number of benzene rings is 5. The van der Waals surface area contributed by atoms with Crippen LogP contribution < -0.4 is 10.1 Å². The highest BCUT2D eigenvalue weighted by Gasteiger charge is 2.36. The Hall–Kier alpha value is -5.56. The number of rotatable bonds is 7. The van der Waals surface area contributed by atoms with Crippen LogP contribution in [0.3, 0.4) is 0 Å². The van der Waals surface area contributed by atoms with Crippen molar-refractivity contribution >= 4 is 11.8 Å². The number of nitrogens with one attached hydrogen (secondary N) is 1. The first-order valence-corrected chi connectivity index (χ1v) is 24.2. The lowest BCUT2D eigenvalue weighted by molar-refractivity contribution is -0.129. The van der Waals surface area contributed by atoms with Crippen LogP contribution in [-0.2, 0) is 56.9 Å². The summed E-state index contributed by atoms with van der Waals surface area (Å²) >= 11 is 0. The van der Waals surface area contributed by atoms with E-state index in [1.807, 2.05) is 57.2 Å². The lowest BCUT2D eigenvalue weighted by Crippen LogP contribution is -2.32. The highest BCUT2D eigenvalue weighted by Crippen LogP contribution is 2.46. The molecule has 67 heavy (non-hydrogen) atoms. The summed E-state index contributed by atoms with van der Waals surface area (Å²) in [7, 11) is 3.50. The predicted molar refractivity (Wildman–Crippen MR) is 275 cm³/mol. The van der Waals surface area contributed by atoms with Crippen molar-refractivity contribution in [2.24, 2.45) is 0 Å². The Kier molecular flexibility index (Phi) is 14.3. The molecule has 7 nitrogen and oxygen atoms in total. The summed E-state index contributed by atoms with van der Waals surface area (Å²) in [6.45, 7) is 32.1. The van der Waals surface area contributed by atoms with Gasteiger partial charge < -0.3 is 25.2 Å². The van der Waals surface area contributed by atoms with Crippen LogP contribution in [0.25, 0.3) is 0 Å². The summed E-state index contributed by atoms with van der Waals surface area (Å²) in [6.07, 6.45) is 0.832. The van der Waals surface area contributed by atoms with Crippen molar-refractivity contribution in [3.8, 4) is 17.2 Å². The first-order valence-electron chi connectivity index (χ1n) is 24.2. The molecule has 358 valence electrons. The molecule has 5 aromatic carbocycles. The zero-order valence-electron chi connectivity index (χ0n) is 43.6. The fraction of sp³-hybridized carbons (Fsp3) is 0.467. The maximum Gasteiger partial charge on any atom is 0.234 e. The fourth-order valence-corrected chi connectivity index (χ4v) is 9.21. The lowest BCUT2D eigenvalue weighted by Gasteiger charge is -2.32. The van der Waals surface area contributed by atoms with Gasteiger partial charge in [-0.25, -0.2) is 0 Å². The molecule has 8 bridgehead atoms. The molecule has 2 amide bonds. The molecule has 1 aliphatic carbocycles. The van der Waals surface area contributed by atoms with Crippen LogP contribution in [0.4, 0.5) is 0 Å². The minimum atomic E-state index is -0.993. The molecule has 0 radical (unpaired) electrons. The van der Waals surface area contributed by atoms with E-state index in [0.29, 0.717) is 41.5 Å². The van der Waals surface area contributed by atoms with Gasteiger partial charge in [0.25, 0.3) is 0 Å². The summed E-state index contributed by atoms with van der Waals surface area (Å²) in [5.74, 6) is -0.420.